The predicted octanol–water partition coefficient (Wildman–Crippen LogP) is 4.28. The van der Waals surface area contributed by atoms with Crippen molar-refractivity contribution in [2.75, 3.05) is 6.61 Å². The molecule has 0 amide bonds. The summed E-state index contributed by atoms with van der Waals surface area (Å²) in [6, 6.07) is 4.74. The summed E-state index contributed by atoms with van der Waals surface area (Å²) in [4.78, 5) is 0. The van der Waals surface area contributed by atoms with Crippen molar-refractivity contribution in [2.45, 2.75) is 58.3 Å². The molecule has 21 heavy (non-hydrogen) atoms. The van der Waals surface area contributed by atoms with Gasteiger partial charge in [0.1, 0.15) is 5.75 Å². The number of benzene rings is 1. The van der Waals surface area contributed by atoms with Crippen LogP contribution in [-0.2, 0) is 6.54 Å². The molecule has 1 aliphatic rings. The Balaban J connectivity index is 1.86. The SMILES string of the molecule is Cc1cc(CNC2CC2)cc(C)c1OCCCC(F)(F)F. The first-order valence-electron chi connectivity index (χ1n) is 7.38. The molecule has 118 valence electrons. The highest BCUT2D eigenvalue weighted by Crippen LogP contribution is 2.27. The number of hydrogen-bond donors (Lipinski definition) is 1. The number of halogens is 3. The highest BCUT2D eigenvalue weighted by molar-refractivity contribution is 5.43. The van der Waals surface area contributed by atoms with Crippen LogP contribution < -0.4 is 10.1 Å². The maximum atomic E-state index is 12.1. The minimum absolute atomic E-state index is 0.00658. The summed E-state index contributed by atoms with van der Waals surface area (Å²) < 4.78 is 41.8. The van der Waals surface area contributed by atoms with Gasteiger partial charge in [-0.1, -0.05) is 12.1 Å². The predicted molar refractivity (Wildman–Crippen MR) is 76.6 cm³/mol. The van der Waals surface area contributed by atoms with E-state index in [1.54, 1.807) is 0 Å². The van der Waals surface area contributed by atoms with Gasteiger partial charge < -0.3 is 10.1 Å². The zero-order valence-corrected chi connectivity index (χ0v) is 12.5. The molecular formula is C16H22F3NO. The van der Waals surface area contributed by atoms with E-state index in [0.29, 0.717) is 11.8 Å². The molecule has 5 heteroatoms. The fraction of sp³-hybridized carbons (Fsp3) is 0.625. The van der Waals surface area contributed by atoms with Gasteiger partial charge in [0.25, 0.3) is 0 Å². The Hall–Kier alpha value is -1.23. The lowest BCUT2D eigenvalue weighted by Crippen LogP contribution is -2.15. The second-order valence-electron chi connectivity index (χ2n) is 5.78. The summed E-state index contributed by atoms with van der Waals surface area (Å²) in [6.45, 7) is 4.81. The van der Waals surface area contributed by atoms with E-state index >= 15 is 0 Å². The quantitative estimate of drug-likeness (QED) is 0.759. The molecule has 0 radical (unpaired) electrons. The second kappa shape index (κ2) is 6.69. The number of aryl methyl sites for hydroxylation is 2. The summed E-state index contributed by atoms with van der Waals surface area (Å²) in [5.74, 6) is 0.715. The monoisotopic (exact) mass is 301 g/mol. The minimum atomic E-state index is -4.11. The third-order valence-corrected chi connectivity index (χ3v) is 3.54. The molecule has 2 nitrogen and oxygen atoms in total. The van der Waals surface area contributed by atoms with Crippen molar-refractivity contribution < 1.29 is 17.9 Å². The van der Waals surface area contributed by atoms with Gasteiger partial charge in [0.15, 0.2) is 0 Å². The van der Waals surface area contributed by atoms with Crippen molar-refractivity contribution in [3.05, 3.63) is 28.8 Å². The minimum Gasteiger partial charge on any atom is -0.493 e. The zero-order valence-electron chi connectivity index (χ0n) is 12.5. The molecule has 0 bridgehead atoms. The first-order valence-corrected chi connectivity index (χ1v) is 7.38. The van der Waals surface area contributed by atoms with Crippen molar-refractivity contribution >= 4 is 0 Å². The van der Waals surface area contributed by atoms with Crippen LogP contribution in [0, 0.1) is 13.8 Å². The van der Waals surface area contributed by atoms with Crippen molar-refractivity contribution in [1.29, 1.82) is 0 Å². The largest absolute Gasteiger partial charge is 0.493 e. The van der Waals surface area contributed by atoms with E-state index in [1.165, 1.54) is 18.4 Å². The molecule has 2 rings (SSSR count). The summed E-state index contributed by atoms with van der Waals surface area (Å²) in [6.07, 6.45) is -2.41. The first kappa shape index (κ1) is 16.1. The smallest absolute Gasteiger partial charge is 0.389 e. The molecule has 1 saturated carbocycles. The van der Waals surface area contributed by atoms with Gasteiger partial charge in [-0.25, -0.2) is 0 Å². The Bertz CT molecular complexity index is 458. The van der Waals surface area contributed by atoms with E-state index in [1.807, 2.05) is 26.0 Å². The molecule has 0 spiro atoms. The Morgan fingerprint density at radius 2 is 1.81 bits per heavy atom. The van der Waals surface area contributed by atoms with E-state index in [0.717, 1.165) is 17.7 Å². The van der Waals surface area contributed by atoms with Crippen molar-refractivity contribution in [3.63, 3.8) is 0 Å². The van der Waals surface area contributed by atoms with Crippen LogP contribution in [0.3, 0.4) is 0 Å². The van der Waals surface area contributed by atoms with Crippen LogP contribution in [0.5, 0.6) is 5.75 Å². The van der Waals surface area contributed by atoms with Gasteiger partial charge in [0.05, 0.1) is 6.61 Å². The Kier molecular flexibility index (Phi) is 5.14. The van der Waals surface area contributed by atoms with Gasteiger partial charge >= 0.3 is 6.18 Å². The molecule has 0 saturated heterocycles. The average molecular weight is 301 g/mol. The van der Waals surface area contributed by atoms with Gasteiger partial charge in [-0.15, -0.1) is 0 Å². The summed E-state index contributed by atoms with van der Waals surface area (Å²) >= 11 is 0. The fourth-order valence-electron chi connectivity index (χ4n) is 2.37. The topological polar surface area (TPSA) is 21.3 Å². The zero-order chi connectivity index (χ0) is 15.5. The number of rotatable bonds is 7. The summed E-state index contributed by atoms with van der Waals surface area (Å²) in [5, 5.41) is 3.45. The lowest BCUT2D eigenvalue weighted by Gasteiger charge is -2.15. The molecule has 1 N–H and O–H groups in total. The van der Waals surface area contributed by atoms with Crippen LogP contribution >= 0.6 is 0 Å². The molecule has 0 aliphatic heterocycles. The first-order chi connectivity index (χ1) is 9.85. The number of hydrogen-bond acceptors (Lipinski definition) is 2. The van der Waals surface area contributed by atoms with Crippen molar-refractivity contribution in [2.24, 2.45) is 0 Å². The standard InChI is InChI=1S/C16H22F3NO/c1-11-8-13(10-20-14-4-5-14)9-12(2)15(11)21-7-3-6-16(17,18)19/h8-9,14,20H,3-7,10H2,1-2H3. The third kappa shape index (κ3) is 5.58. The van der Waals surface area contributed by atoms with Crippen LogP contribution in [0.4, 0.5) is 13.2 Å². The number of ether oxygens (including phenoxy) is 1. The summed E-state index contributed by atoms with van der Waals surface area (Å²) in [7, 11) is 0. The lowest BCUT2D eigenvalue weighted by molar-refractivity contribution is -0.136. The van der Waals surface area contributed by atoms with E-state index in [4.69, 9.17) is 4.74 Å². The molecule has 1 fully saturated rings. The van der Waals surface area contributed by atoms with Crippen molar-refractivity contribution in [1.82, 2.24) is 5.32 Å². The van der Waals surface area contributed by atoms with Crippen LogP contribution in [0.25, 0.3) is 0 Å². The maximum absolute atomic E-state index is 12.1. The number of nitrogens with one attached hydrogen (secondary N) is 1. The molecule has 0 heterocycles. The van der Waals surface area contributed by atoms with Gasteiger partial charge in [0.2, 0.25) is 0 Å². The molecule has 0 atom stereocenters. The second-order valence-corrected chi connectivity index (χ2v) is 5.78. The van der Waals surface area contributed by atoms with Gasteiger partial charge in [-0.2, -0.15) is 13.2 Å². The maximum Gasteiger partial charge on any atom is 0.389 e. The Labute approximate surface area is 123 Å². The third-order valence-electron chi connectivity index (χ3n) is 3.54. The molecule has 1 aromatic carbocycles. The Morgan fingerprint density at radius 1 is 1.19 bits per heavy atom. The molecule has 0 aromatic heterocycles. The van der Waals surface area contributed by atoms with Crippen molar-refractivity contribution in [3.8, 4) is 5.75 Å². The lowest BCUT2D eigenvalue weighted by atomic mass is 10.1. The highest BCUT2D eigenvalue weighted by atomic mass is 19.4. The molecule has 1 aromatic rings. The Morgan fingerprint density at radius 3 is 2.33 bits per heavy atom. The van der Waals surface area contributed by atoms with Gasteiger partial charge in [-0.3, -0.25) is 0 Å². The van der Waals surface area contributed by atoms with E-state index < -0.39 is 12.6 Å². The average Bonchev–Trinajstić information content (AvgIpc) is 3.17. The highest BCUT2D eigenvalue weighted by Gasteiger charge is 2.26. The number of alkyl halides is 3. The normalized spacial score (nSPS) is 15.3. The molecule has 0 unspecified atom stereocenters. The molecular weight excluding hydrogens is 279 g/mol. The van der Waals surface area contributed by atoms with Gasteiger partial charge in [0, 0.05) is 19.0 Å². The van der Waals surface area contributed by atoms with E-state index in [2.05, 4.69) is 5.32 Å². The van der Waals surface area contributed by atoms with Crippen LogP contribution in [-0.4, -0.2) is 18.8 Å². The van der Waals surface area contributed by atoms with Gasteiger partial charge in [-0.05, 0) is 49.8 Å². The van der Waals surface area contributed by atoms with E-state index in [-0.39, 0.29) is 13.0 Å². The fourth-order valence-corrected chi connectivity index (χ4v) is 2.37. The summed E-state index contributed by atoms with van der Waals surface area (Å²) in [5.41, 5.74) is 3.16. The molecule has 1 aliphatic carbocycles. The van der Waals surface area contributed by atoms with Crippen LogP contribution in [0.1, 0.15) is 42.4 Å². The van der Waals surface area contributed by atoms with Crippen LogP contribution in [0.2, 0.25) is 0 Å². The van der Waals surface area contributed by atoms with Crippen LogP contribution in [0.15, 0.2) is 12.1 Å². The van der Waals surface area contributed by atoms with E-state index in [9.17, 15) is 13.2 Å².